The number of benzene rings is 1. The molecule has 0 aromatic heterocycles. The first-order chi connectivity index (χ1) is 8.77. The summed E-state index contributed by atoms with van der Waals surface area (Å²) in [7, 11) is -2.42. The van der Waals surface area contributed by atoms with Gasteiger partial charge in [-0.15, -0.1) is 0 Å². The maximum Gasteiger partial charge on any atom is 0.253 e. The Morgan fingerprint density at radius 1 is 1.42 bits per heavy atom. The number of rotatable bonds is 4. The zero-order valence-corrected chi connectivity index (χ0v) is 11.3. The second kappa shape index (κ2) is 4.90. The molecule has 1 fully saturated rings. The molecular weight excluding hydrogens is 271 g/mol. The summed E-state index contributed by atoms with van der Waals surface area (Å²) >= 11 is 0. The molecule has 1 aliphatic rings. The van der Waals surface area contributed by atoms with E-state index in [1.165, 1.54) is 4.90 Å². The van der Waals surface area contributed by atoms with Gasteiger partial charge in [0.15, 0.2) is 0 Å². The molecule has 0 radical (unpaired) electrons. The van der Waals surface area contributed by atoms with Crippen LogP contribution in [0, 0.1) is 11.7 Å². The van der Waals surface area contributed by atoms with Crippen molar-refractivity contribution in [2.45, 2.75) is 17.7 Å². The minimum Gasteiger partial charge on any atom is -0.341 e. The molecule has 0 saturated heterocycles. The lowest BCUT2D eigenvalue weighted by Crippen LogP contribution is -2.29. The van der Waals surface area contributed by atoms with E-state index in [-0.39, 0.29) is 5.56 Å². The van der Waals surface area contributed by atoms with Crippen LogP contribution in [0.4, 0.5) is 4.39 Å². The van der Waals surface area contributed by atoms with E-state index in [0.29, 0.717) is 12.5 Å². The average molecular weight is 286 g/mol. The minimum absolute atomic E-state index is 0.00725. The zero-order valence-electron chi connectivity index (χ0n) is 10.5. The molecule has 0 spiro atoms. The standard InChI is InChI=1S/C12H15FN2O3S/c1-15(7-8-2-3-8)12(16)9-4-10(13)6-11(5-9)19(14,17)18/h4-6,8H,2-3,7H2,1H3,(H2,14,17,18). The van der Waals surface area contributed by atoms with Crippen LogP contribution in [0.2, 0.25) is 0 Å². The molecule has 7 heteroatoms. The molecule has 0 heterocycles. The minimum atomic E-state index is -4.03. The number of halogens is 1. The molecule has 1 aromatic carbocycles. The van der Waals surface area contributed by atoms with Crippen molar-refractivity contribution in [3.8, 4) is 0 Å². The molecule has 1 amide bonds. The van der Waals surface area contributed by atoms with Crippen LogP contribution in [0.5, 0.6) is 0 Å². The Kier molecular flexibility index (Phi) is 3.60. The Hall–Kier alpha value is -1.47. The van der Waals surface area contributed by atoms with Gasteiger partial charge in [0.1, 0.15) is 5.82 Å². The molecular formula is C12H15FN2O3S. The lowest BCUT2D eigenvalue weighted by molar-refractivity contribution is 0.0788. The maximum atomic E-state index is 13.4. The van der Waals surface area contributed by atoms with Crippen molar-refractivity contribution in [1.29, 1.82) is 0 Å². The van der Waals surface area contributed by atoms with E-state index >= 15 is 0 Å². The van der Waals surface area contributed by atoms with Gasteiger partial charge in [-0.3, -0.25) is 4.79 Å². The SMILES string of the molecule is CN(CC1CC1)C(=O)c1cc(F)cc(S(N)(=O)=O)c1. The molecule has 104 valence electrons. The van der Waals surface area contributed by atoms with Crippen LogP contribution in [-0.2, 0) is 10.0 Å². The first kappa shape index (κ1) is 14.0. The van der Waals surface area contributed by atoms with Gasteiger partial charge in [-0.05, 0) is 37.0 Å². The zero-order chi connectivity index (χ0) is 14.2. The average Bonchev–Trinajstić information content (AvgIpc) is 3.09. The first-order valence-electron chi connectivity index (χ1n) is 5.86. The van der Waals surface area contributed by atoms with E-state index in [1.54, 1.807) is 7.05 Å². The number of carbonyl (C=O) groups excluding carboxylic acids is 1. The van der Waals surface area contributed by atoms with Gasteiger partial charge in [-0.25, -0.2) is 17.9 Å². The fourth-order valence-corrected chi connectivity index (χ4v) is 2.41. The summed E-state index contributed by atoms with van der Waals surface area (Å²) in [6, 6.07) is 2.91. The summed E-state index contributed by atoms with van der Waals surface area (Å²) in [5, 5.41) is 4.94. The predicted molar refractivity (Wildman–Crippen MR) is 67.5 cm³/mol. The fourth-order valence-electron chi connectivity index (χ4n) is 1.84. The van der Waals surface area contributed by atoms with Gasteiger partial charge in [0.25, 0.3) is 5.91 Å². The van der Waals surface area contributed by atoms with E-state index in [2.05, 4.69) is 0 Å². The third kappa shape index (κ3) is 3.51. The van der Waals surface area contributed by atoms with Gasteiger partial charge >= 0.3 is 0 Å². The van der Waals surface area contributed by atoms with Crippen molar-refractivity contribution in [3.05, 3.63) is 29.6 Å². The van der Waals surface area contributed by atoms with Crippen LogP contribution < -0.4 is 5.14 Å². The highest BCUT2D eigenvalue weighted by Gasteiger charge is 2.26. The van der Waals surface area contributed by atoms with Gasteiger partial charge in [-0.1, -0.05) is 0 Å². The summed E-state index contributed by atoms with van der Waals surface area (Å²) in [5.74, 6) is -0.703. The molecule has 2 N–H and O–H groups in total. The van der Waals surface area contributed by atoms with Gasteiger partial charge in [0, 0.05) is 19.2 Å². The highest BCUT2D eigenvalue weighted by Crippen LogP contribution is 2.29. The summed E-state index contributed by atoms with van der Waals surface area (Å²) in [4.78, 5) is 13.1. The normalized spacial score (nSPS) is 15.3. The van der Waals surface area contributed by atoms with Crippen LogP contribution in [0.15, 0.2) is 23.1 Å². The number of primary sulfonamides is 1. The highest BCUT2D eigenvalue weighted by molar-refractivity contribution is 7.89. The van der Waals surface area contributed by atoms with Crippen LogP contribution >= 0.6 is 0 Å². The van der Waals surface area contributed by atoms with E-state index in [4.69, 9.17) is 5.14 Å². The Labute approximate surface area is 111 Å². The third-order valence-electron chi connectivity index (χ3n) is 3.02. The van der Waals surface area contributed by atoms with Crippen molar-refractivity contribution in [2.24, 2.45) is 11.1 Å². The van der Waals surface area contributed by atoms with Crippen LogP contribution in [0.3, 0.4) is 0 Å². The van der Waals surface area contributed by atoms with E-state index in [1.807, 2.05) is 0 Å². The Bertz CT molecular complexity index is 611. The number of hydrogen-bond acceptors (Lipinski definition) is 3. The molecule has 1 aromatic rings. The molecule has 1 aliphatic carbocycles. The van der Waals surface area contributed by atoms with Crippen molar-refractivity contribution < 1.29 is 17.6 Å². The van der Waals surface area contributed by atoms with Gasteiger partial charge in [-0.2, -0.15) is 0 Å². The van der Waals surface area contributed by atoms with E-state index in [0.717, 1.165) is 31.0 Å². The summed E-state index contributed by atoms with van der Waals surface area (Å²) in [6.07, 6.45) is 2.17. The van der Waals surface area contributed by atoms with Gasteiger partial charge < -0.3 is 4.90 Å². The van der Waals surface area contributed by atoms with E-state index < -0.39 is 26.6 Å². The van der Waals surface area contributed by atoms with Gasteiger partial charge in [0.05, 0.1) is 4.90 Å². The quantitative estimate of drug-likeness (QED) is 0.895. The predicted octanol–water partition coefficient (Wildman–Crippen LogP) is 0.955. The number of hydrogen-bond donors (Lipinski definition) is 1. The number of carbonyl (C=O) groups is 1. The first-order valence-corrected chi connectivity index (χ1v) is 7.41. The molecule has 2 rings (SSSR count). The summed E-state index contributed by atoms with van der Waals surface area (Å²) in [6.45, 7) is 0.597. The molecule has 19 heavy (non-hydrogen) atoms. The van der Waals surface area contributed by atoms with E-state index in [9.17, 15) is 17.6 Å². The lowest BCUT2D eigenvalue weighted by Gasteiger charge is -2.17. The molecule has 0 atom stereocenters. The molecule has 1 saturated carbocycles. The van der Waals surface area contributed by atoms with Gasteiger partial charge in [0.2, 0.25) is 10.0 Å². The Morgan fingerprint density at radius 2 is 2.05 bits per heavy atom. The van der Waals surface area contributed by atoms with Crippen molar-refractivity contribution in [1.82, 2.24) is 4.90 Å². The summed E-state index contributed by atoms with van der Waals surface area (Å²) < 4.78 is 35.8. The monoisotopic (exact) mass is 286 g/mol. The lowest BCUT2D eigenvalue weighted by atomic mass is 10.2. The molecule has 0 aliphatic heterocycles. The largest absolute Gasteiger partial charge is 0.341 e. The highest BCUT2D eigenvalue weighted by atomic mass is 32.2. The molecule has 0 unspecified atom stereocenters. The second-order valence-electron chi connectivity index (χ2n) is 4.85. The second-order valence-corrected chi connectivity index (χ2v) is 6.41. The number of amides is 1. The number of nitrogens with two attached hydrogens (primary N) is 1. The smallest absolute Gasteiger partial charge is 0.253 e. The topological polar surface area (TPSA) is 80.5 Å². The Morgan fingerprint density at radius 3 is 2.58 bits per heavy atom. The van der Waals surface area contributed by atoms with Crippen LogP contribution in [0.25, 0.3) is 0 Å². The maximum absolute atomic E-state index is 13.4. The fraction of sp³-hybridized carbons (Fsp3) is 0.417. The molecule has 5 nitrogen and oxygen atoms in total. The van der Waals surface area contributed by atoms with Crippen LogP contribution in [-0.4, -0.2) is 32.8 Å². The van der Waals surface area contributed by atoms with Crippen LogP contribution in [0.1, 0.15) is 23.2 Å². The summed E-state index contributed by atoms with van der Waals surface area (Å²) in [5.41, 5.74) is -0.00725. The number of nitrogens with zero attached hydrogens (tertiary/aromatic N) is 1. The number of sulfonamides is 1. The molecule has 0 bridgehead atoms. The van der Waals surface area contributed by atoms with Crippen molar-refractivity contribution >= 4 is 15.9 Å². The van der Waals surface area contributed by atoms with Crippen molar-refractivity contribution in [3.63, 3.8) is 0 Å². The van der Waals surface area contributed by atoms with Crippen molar-refractivity contribution in [2.75, 3.05) is 13.6 Å². The Balaban J connectivity index is 2.28. The third-order valence-corrected chi connectivity index (χ3v) is 3.92.